The van der Waals surface area contributed by atoms with E-state index < -0.39 is 9.84 Å². The first-order valence-corrected chi connectivity index (χ1v) is 11.8. The van der Waals surface area contributed by atoms with E-state index in [2.05, 4.69) is 15.6 Å². The SMILES string of the molecule is I.O=S1(=O)CCC(CNC(=NCc2ccccc2F)NC2CC3CCC2C3)C1. The van der Waals surface area contributed by atoms with Crippen molar-refractivity contribution in [2.24, 2.45) is 22.7 Å². The van der Waals surface area contributed by atoms with Crippen LogP contribution in [0.2, 0.25) is 0 Å². The van der Waals surface area contributed by atoms with Crippen molar-refractivity contribution in [2.45, 2.75) is 44.7 Å². The molecule has 4 unspecified atom stereocenters. The largest absolute Gasteiger partial charge is 0.356 e. The van der Waals surface area contributed by atoms with Crippen LogP contribution in [0.5, 0.6) is 0 Å². The molecule has 1 heterocycles. The molecule has 0 radical (unpaired) electrons. The lowest BCUT2D eigenvalue weighted by molar-refractivity contribution is 0.386. The summed E-state index contributed by atoms with van der Waals surface area (Å²) in [5, 5.41) is 6.88. The Morgan fingerprint density at radius 2 is 2.00 bits per heavy atom. The molecule has 28 heavy (non-hydrogen) atoms. The number of aliphatic imine (C=N–C) groups is 1. The summed E-state index contributed by atoms with van der Waals surface area (Å²) in [4.78, 5) is 4.60. The van der Waals surface area contributed by atoms with Crippen LogP contribution in [-0.2, 0) is 16.4 Å². The van der Waals surface area contributed by atoms with Crippen molar-refractivity contribution in [2.75, 3.05) is 18.1 Å². The van der Waals surface area contributed by atoms with Crippen LogP contribution in [0.25, 0.3) is 0 Å². The van der Waals surface area contributed by atoms with E-state index in [-0.39, 0.29) is 53.8 Å². The molecule has 1 aromatic rings. The summed E-state index contributed by atoms with van der Waals surface area (Å²) >= 11 is 0. The van der Waals surface area contributed by atoms with Gasteiger partial charge < -0.3 is 10.6 Å². The van der Waals surface area contributed by atoms with Gasteiger partial charge in [-0.2, -0.15) is 0 Å². The molecule has 3 aliphatic rings. The van der Waals surface area contributed by atoms with E-state index in [1.165, 1.54) is 31.7 Å². The molecule has 4 atom stereocenters. The minimum atomic E-state index is -2.88. The Morgan fingerprint density at radius 1 is 1.18 bits per heavy atom. The molecule has 4 rings (SSSR count). The number of nitrogens with one attached hydrogen (secondary N) is 2. The van der Waals surface area contributed by atoms with Gasteiger partial charge in [-0.05, 0) is 49.5 Å². The second kappa shape index (κ2) is 9.28. The average molecular weight is 521 g/mol. The highest BCUT2D eigenvalue weighted by Gasteiger charge is 2.40. The molecule has 156 valence electrons. The number of rotatable bonds is 5. The Bertz CT molecular complexity index is 817. The Labute approximate surface area is 183 Å². The van der Waals surface area contributed by atoms with Crippen molar-refractivity contribution < 1.29 is 12.8 Å². The van der Waals surface area contributed by atoms with Gasteiger partial charge in [0.25, 0.3) is 0 Å². The van der Waals surface area contributed by atoms with Gasteiger partial charge >= 0.3 is 0 Å². The quantitative estimate of drug-likeness (QED) is 0.355. The van der Waals surface area contributed by atoms with Gasteiger partial charge in [0.2, 0.25) is 0 Å². The van der Waals surface area contributed by atoms with E-state index in [1.807, 2.05) is 6.07 Å². The molecule has 8 heteroatoms. The molecule has 0 aromatic heterocycles. The maximum atomic E-state index is 13.9. The molecule has 2 bridgehead atoms. The van der Waals surface area contributed by atoms with Crippen molar-refractivity contribution in [1.82, 2.24) is 10.6 Å². The van der Waals surface area contributed by atoms with Gasteiger partial charge in [0.1, 0.15) is 5.82 Å². The Balaban J connectivity index is 0.00000225. The first kappa shape index (κ1) is 21.8. The topological polar surface area (TPSA) is 70.6 Å². The van der Waals surface area contributed by atoms with Crippen LogP contribution in [0, 0.1) is 23.6 Å². The Morgan fingerprint density at radius 3 is 2.64 bits per heavy atom. The molecule has 1 aromatic carbocycles. The summed E-state index contributed by atoms with van der Waals surface area (Å²) in [5.41, 5.74) is 0.565. The molecule has 2 aliphatic carbocycles. The highest BCUT2D eigenvalue weighted by atomic mass is 127. The average Bonchev–Trinajstić information content (AvgIpc) is 3.34. The summed E-state index contributed by atoms with van der Waals surface area (Å²) in [6, 6.07) is 7.11. The van der Waals surface area contributed by atoms with Crippen molar-refractivity contribution in [3.05, 3.63) is 35.6 Å². The predicted molar refractivity (Wildman–Crippen MR) is 120 cm³/mol. The van der Waals surface area contributed by atoms with Crippen LogP contribution < -0.4 is 10.6 Å². The van der Waals surface area contributed by atoms with Gasteiger partial charge in [0.05, 0.1) is 18.1 Å². The molecular formula is C20H29FIN3O2S. The highest BCUT2D eigenvalue weighted by Crippen LogP contribution is 2.44. The number of guanidine groups is 1. The molecule has 1 aliphatic heterocycles. The molecule has 1 saturated heterocycles. The van der Waals surface area contributed by atoms with Crippen molar-refractivity contribution in [1.29, 1.82) is 0 Å². The maximum Gasteiger partial charge on any atom is 0.191 e. The molecule has 5 nitrogen and oxygen atoms in total. The number of nitrogens with zero attached hydrogens (tertiary/aromatic N) is 1. The van der Waals surface area contributed by atoms with Gasteiger partial charge in [-0.3, -0.25) is 0 Å². The smallest absolute Gasteiger partial charge is 0.191 e. The fourth-order valence-corrected chi connectivity index (χ4v) is 6.68. The summed E-state index contributed by atoms with van der Waals surface area (Å²) in [6.07, 6.45) is 5.76. The van der Waals surface area contributed by atoms with E-state index in [1.54, 1.807) is 12.1 Å². The van der Waals surface area contributed by atoms with E-state index >= 15 is 0 Å². The zero-order valence-corrected chi connectivity index (χ0v) is 19.1. The third kappa shape index (κ3) is 5.37. The summed E-state index contributed by atoms with van der Waals surface area (Å²) < 4.78 is 37.3. The van der Waals surface area contributed by atoms with Crippen LogP contribution in [-0.4, -0.2) is 38.5 Å². The second-order valence-corrected chi connectivity index (χ2v) is 10.6. The summed E-state index contributed by atoms with van der Waals surface area (Å²) in [7, 11) is -2.88. The van der Waals surface area contributed by atoms with E-state index in [0.29, 0.717) is 36.4 Å². The normalized spacial score (nSPS) is 30.8. The highest BCUT2D eigenvalue weighted by molar-refractivity contribution is 14.0. The molecule has 3 fully saturated rings. The number of benzene rings is 1. The molecule has 2 N–H and O–H groups in total. The number of hydrogen-bond acceptors (Lipinski definition) is 3. The fourth-order valence-electron chi connectivity index (χ4n) is 4.81. The first-order chi connectivity index (χ1) is 13.0. The molecule has 2 saturated carbocycles. The van der Waals surface area contributed by atoms with Crippen LogP contribution in [0.1, 0.15) is 37.7 Å². The molecular weight excluding hydrogens is 492 g/mol. The predicted octanol–water partition coefficient (Wildman–Crippen LogP) is 3.10. The minimum absolute atomic E-state index is 0. The van der Waals surface area contributed by atoms with Crippen molar-refractivity contribution >= 4 is 39.8 Å². The molecule has 0 amide bonds. The lowest BCUT2D eigenvalue weighted by atomic mass is 9.95. The number of fused-ring (bicyclic) bond motifs is 2. The molecule has 0 spiro atoms. The van der Waals surface area contributed by atoms with Gasteiger partial charge in [-0.15, -0.1) is 24.0 Å². The Hall–Kier alpha value is -0.900. The van der Waals surface area contributed by atoms with Gasteiger partial charge in [-0.1, -0.05) is 24.6 Å². The van der Waals surface area contributed by atoms with Crippen molar-refractivity contribution in [3.63, 3.8) is 0 Å². The van der Waals surface area contributed by atoms with Crippen molar-refractivity contribution in [3.8, 4) is 0 Å². The summed E-state index contributed by atoms with van der Waals surface area (Å²) in [6.45, 7) is 0.856. The maximum absolute atomic E-state index is 13.9. The second-order valence-electron chi connectivity index (χ2n) is 8.33. The van der Waals surface area contributed by atoms with E-state index in [4.69, 9.17) is 0 Å². The monoisotopic (exact) mass is 521 g/mol. The van der Waals surface area contributed by atoms with E-state index in [9.17, 15) is 12.8 Å². The lowest BCUT2D eigenvalue weighted by Crippen LogP contribution is -2.47. The number of hydrogen-bond donors (Lipinski definition) is 2. The first-order valence-electron chi connectivity index (χ1n) is 9.97. The fraction of sp³-hybridized carbons (Fsp3) is 0.650. The Kier molecular flexibility index (Phi) is 7.22. The third-order valence-electron chi connectivity index (χ3n) is 6.31. The van der Waals surface area contributed by atoms with Gasteiger partial charge in [0.15, 0.2) is 15.8 Å². The van der Waals surface area contributed by atoms with Gasteiger partial charge in [-0.25, -0.2) is 17.8 Å². The summed E-state index contributed by atoms with van der Waals surface area (Å²) in [5.74, 6) is 2.59. The van der Waals surface area contributed by atoms with Crippen LogP contribution in [0.15, 0.2) is 29.3 Å². The van der Waals surface area contributed by atoms with Crippen LogP contribution in [0.4, 0.5) is 4.39 Å². The standard InChI is InChI=1S/C20H28FN3O2S.HI/c21-18-4-2-1-3-17(18)12-23-20(22-11-15-7-8-27(25,26)13-15)24-19-10-14-5-6-16(19)9-14;/h1-4,14-16,19H,5-13H2,(H2,22,23,24);1H. The van der Waals surface area contributed by atoms with Crippen LogP contribution >= 0.6 is 24.0 Å². The zero-order chi connectivity index (χ0) is 18.9. The van der Waals surface area contributed by atoms with Crippen LogP contribution in [0.3, 0.4) is 0 Å². The number of halogens is 2. The minimum Gasteiger partial charge on any atom is -0.356 e. The lowest BCUT2D eigenvalue weighted by Gasteiger charge is -2.26. The number of sulfone groups is 1. The zero-order valence-electron chi connectivity index (χ0n) is 15.9. The van der Waals surface area contributed by atoms with Gasteiger partial charge in [0, 0.05) is 18.2 Å². The van der Waals surface area contributed by atoms with E-state index in [0.717, 1.165) is 5.92 Å². The third-order valence-corrected chi connectivity index (χ3v) is 8.15.